The third kappa shape index (κ3) is 8.10. The molecule has 3 saturated heterocycles. The number of nitrogens with two attached hydrogens (primary N) is 6. The number of hydrogen-bond donors (Lipinski definition) is 11. The van der Waals surface area contributed by atoms with Gasteiger partial charge in [-0.1, -0.05) is 0 Å². The van der Waals surface area contributed by atoms with Gasteiger partial charge in [-0.15, -0.1) is 0 Å². The van der Waals surface area contributed by atoms with Crippen LogP contribution in [0.25, 0.3) is 0 Å². The smallest absolute Gasteiger partial charge is 0.188 e. The monoisotopic (exact) mass is 621 g/mol. The summed E-state index contributed by atoms with van der Waals surface area (Å²) < 4.78 is 30.5. The molecule has 0 radical (unpaired) electrons. The van der Waals surface area contributed by atoms with Gasteiger partial charge < -0.3 is 83.4 Å². The van der Waals surface area contributed by atoms with Crippen LogP contribution in [0.4, 0.5) is 0 Å². The van der Waals surface area contributed by atoms with E-state index in [1.807, 2.05) is 0 Å². The average molecular weight is 622 g/mol. The topological polar surface area (TPSA) is 314 Å². The summed E-state index contributed by atoms with van der Waals surface area (Å²) in [5.41, 5.74) is 36.7. The van der Waals surface area contributed by atoms with Crippen LogP contribution in [-0.4, -0.2) is 174 Å². The number of aliphatic hydroxyl groups is 4. The van der Waals surface area contributed by atoms with Gasteiger partial charge in [-0.2, -0.15) is 0 Å². The van der Waals surface area contributed by atoms with Crippen LogP contribution in [0.15, 0.2) is 0 Å². The van der Waals surface area contributed by atoms with Gasteiger partial charge in [-0.25, -0.2) is 0 Å². The van der Waals surface area contributed by atoms with E-state index in [1.54, 1.807) is 4.90 Å². The first-order valence-corrected chi connectivity index (χ1v) is 14.9. The maximum atomic E-state index is 10.8. The molecule has 4 fully saturated rings. The largest absolute Gasteiger partial charge is 0.394 e. The highest BCUT2D eigenvalue weighted by atomic mass is 16.7. The standard InChI is InChI=1S/C25H51N9O9/c26-9-15-14(36)8-13(29)23(40-15)42-20-11(27)7-12(28)21(43-24-19(38)17(30)18(37)16(10-35)41-24)22(20)39-6-5-33-1-3-34(4-2-33)25(31)32/h11-24,35-38H,1-10,26-30H2,(H3,31,32)/t11-,12+,13+,14-,15+,16+,17-,18+,19+,20+,21-,22-,23+,24+/m0/s1. The van der Waals surface area contributed by atoms with Crippen molar-refractivity contribution in [2.45, 2.75) is 98.4 Å². The van der Waals surface area contributed by atoms with E-state index in [-0.39, 0.29) is 32.0 Å². The van der Waals surface area contributed by atoms with E-state index in [0.29, 0.717) is 32.7 Å². The van der Waals surface area contributed by atoms with Crippen LogP contribution in [0.5, 0.6) is 0 Å². The van der Waals surface area contributed by atoms with Crippen molar-refractivity contribution in [3.05, 3.63) is 0 Å². The molecule has 3 heterocycles. The molecule has 0 aromatic heterocycles. The second-order valence-corrected chi connectivity index (χ2v) is 11.8. The minimum atomic E-state index is -1.43. The molecule has 0 aromatic rings. The van der Waals surface area contributed by atoms with Gasteiger partial charge in [0.25, 0.3) is 0 Å². The Morgan fingerprint density at radius 1 is 0.814 bits per heavy atom. The predicted molar refractivity (Wildman–Crippen MR) is 152 cm³/mol. The summed E-state index contributed by atoms with van der Waals surface area (Å²) in [6.45, 7) is 2.90. The van der Waals surface area contributed by atoms with E-state index in [0.717, 1.165) is 0 Å². The minimum Gasteiger partial charge on any atom is -0.394 e. The molecule has 0 amide bonds. The highest BCUT2D eigenvalue weighted by Gasteiger charge is 2.51. The fourth-order valence-electron chi connectivity index (χ4n) is 6.12. The first-order valence-electron chi connectivity index (χ1n) is 14.9. The molecule has 14 atom stereocenters. The lowest BCUT2D eigenvalue weighted by molar-refractivity contribution is -0.318. The molecule has 4 aliphatic rings. The van der Waals surface area contributed by atoms with Crippen LogP contribution < -0.4 is 34.4 Å². The summed E-state index contributed by atoms with van der Waals surface area (Å²) in [5, 5.41) is 48.6. The van der Waals surface area contributed by atoms with Gasteiger partial charge in [-0.3, -0.25) is 10.3 Å². The number of nitrogens with zero attached hydrogens (tertiary/aromatic N) is 2. The van der Waals surface area contributed by atoms with E-state index in [9.17, 15) is 20.4 Å². The summed E-state index contributed by atoms with van der Waals surface area (Å²) in [5.74, 6) is 0.0383. The van der Waals surface area contributed by atoms with E-state index in [4.69, 9.17) is 63.5 Å². The van der Waals surface area contributed by atoms with Crippen molar-refractivity contribution in [3.63, 3.8) is 0 Å². The van der Waals surface area contributed by atoms with Crippen molar-refractivity contribution < 1.29 is 44.1 Å². The first kappa shape index (κ1) is 34.5. The maximum Gasteiger partial charge on any atom is 0.188 e. The molecular formula is C25H51N9O9. The molecule has 0 aromatic carbocycles. The number of guanidine groups is 1. The van der Waals surface area contributed by atoms with E-state index in [1.165, 1.54) is 0 Å². The fraction of sp³-hybridized carbons (Fsp3) is 0.960. The number of piperazine rings is 1. The Morgan fingerprint density at radius 3 is 2.00 bits per heavy atom. The molecule has 43 heavy (non-hydrogen) atoms. The van der Waals surface area contributed by atoms with Crippen molar-refractivity contribution >= 4 is 5.96 Å². The van der Waals surface area contributed by atoms with Crippen LogP contribution in [0.3, 0.4) is 0 Å². The molecular weight excluding hydrogens is 570 g/mol. The van der Waals surface area contributed by atoms with E-state index >= 15 is 0 Å². The Bertz CT molecular complexity index is 889. The van der Waals surface area contributed by atoms with Gasteiger partial charge in [0.05, 0.1) is 37.5 Å². The van der Waals surface area contributed by atoms with Crippen molar-refractivity contribution in [2.75, 3.05) is 52.5 Å². The lowest BCUT2D eigenvalue weighted by atomic mass is 9.84. The molecule has 0 bridgehead atoms. The molecule has 0 spiro atoms. The van der Waals surface area contributed by atoms with E-state index < -0.39 is 92.2 Å². The van der Waals surface area contributed by atoms with Crippen LogP contribution in [0.2, 0.25) is 0 Å². The van der Waals surface area contributed by atoms with Crippen molar-refractivity contribution in [1.29, 1.82) is 5.41 Å². The summed E-state index contributed by atoms with van der Waals surface area (Å²) in [6, 6.07) is -3.12. The summed E-state index contributed by atoms with van der Waals surface area (Å²) >= 11 is 0. The van der Waals surface area contributed by atoms with Crippen molar-refractivity contribution in [3.8, 4) is 0 Å². The summed E-state index contributed by atoms with van der Waals surface area (Å²) in [7, 11) is 0. The Kier molecular flexibility index (Phi) is 12.3. The number of rotatable bonds is 10. The number of aliphatic hydroxyl groups excluding tert-OH is 4. The van der Waals surface area contributed by atoms with Crippen LogP contribution in [0, 0.1) is 5.41 Å². The van der Waals surface area contributed by atoms with Gasteiger partial charge in [-0.05, 0) is 12.8 Å². The van der Waals surface area contributed by atoms with Crippen LogP contribution >= 0.6 is 0 Å². The quantitative estimate of drug-likeness (QED) is 0.0797. The molecule has 17 N–H and O–H groups in total. The Hall–Kier alpha value is -1.33. The van der Waals surface area contributed by atoms with Gasteiger partial charge in [0.15, 0.2) is 18.5 Å². The summed E-state index contributed by atoms with van der Waals surface area (Å²) in [4.78, 5) is 3.96. The van der Waals surface area contributed by atoms with Crippen LogP contribution in [0.1, 0.15) is 12.8 Å². The second kappa shape index (κ2) is 15.3. The van der Waals surface area contributed by atoms with E-state index in [2.05, 4.69) is 4.90 Å². The second-order valence-electron chi connectivity index (χ2n) is 11.8. The zero-order chi connectivity index (χ0) is 31.4. The Labute approximate surface area is 250 Å². The highest BCUT2D eigenvalue weighted by Crippen LogP contribution is 2.32. The SMILES string of the molecule is N=C(N)N1CCN(CCO[C@@H]2[C@@H](O[C@H]3O[C@H](CO)[C@@H](O)[C@H](N)[C@H]3O)[C@H](N)C[C@H](N)[C@H]2O[C@H]2O[C@H](CN)[C@@H](O)C[C@H]2N)CC1. The average Bonchev–Trinajstić information content (AvgIpc) is 2.97. The van der Waals surface area contributed by atoms with Crippen molar-refractivity contribution in [1.82, 2.24) is 9.80 Å². The lowest BCUT2D eigenvalue weighted by Gasteiger charge is -2.49. The molecule has 1 aliphatic carbocycles. The number of ether oxygens (including phenoxy) is 5. The summed E-state index contributed by atoms with van der Waals surface area (Å²) in [6.07, 6.45) is -9.83. The normalized spacial score (nSPS) is 44.8. The minimum absolute atomic E-state index is 0.0383. The molecule has 0 unspecified atom stereocenters. The van der Waals surface area contributed by atoms with Crippen molar-refractivity contribution in [2.24, 2.45) is 34.4 Å². The van der Waals surface area contributed by atoms with Gasteiger partial charge in [0, 0.05) is 51.4 Å². The molecule has 3 aliphatic heterocycles. The zero-order valence-corrected chi connectivity index (χ0v) is 24.3. The number of nitrogens with one attached hydrogen (secondary N) is 1. The van der Waals surface area contributed by atoms with Crippen LogP contribution in [-0.2, 0) is 23.7 Å². The maximum absolute atomic E-state index is 10.8. The Balaban J connectivity index is 1.51. The lowest BCUT2D eigenvalue weighted by Crippen LogP contribution is -2.68. The van der Waals surface area contributed by atoms with Gasteiger partial charge >= 0.3 is 0 Å². The molecule has 4 rings (SSSR count). The third-order valence-corrected chi connectivity index (χ3v) is 8.82. The molecule has 18 nitrogen and oxygen atoms in total. The highest BCUT2D eigenvalue weighted by molar-refractivity contribution is 5.74. The Morgan fingerprint density at radius 2 is 1.42 bits per heavy atom. The molecule has 250 valence electrons. The third-order valence-electron chi connectivity index (χ3n) is 8.82. The van der Waals surface area contributed by atoms with Gasteiger partial charge in [0.2, 0.25) is 0 Å². The molecule has 18 heteroatoms. The first-order chi connectivity index (χ1) is 20.4. The van der Waals surface area contributed by atoms with Gasteiger partial charge in [0.1, 0.15) is 36.6 Å². The predicted octanol–water partition coefficient (Wildman–Crippen LogP) is -6.76. The molecule has 1 saturated carbocycles. The number of hydrogen-bond acceptors (Lipinski definition) is 16. The zero-order valence-electron chi connectivity index (χ0n) is 24.3. The fourth-order valence-corrected chi connectivity index (χ4v) is 6.12.